The lowest BCUT2D eigenvalue weighted by molar-refractivity contribution is 0.0696. The molecule has 1 atom stereocenters. The topological polar surface area (TPSA) is 49.3 Å². The summed E-state index contributed by atoms with van der Waals surface area (Å²) in [5.41, 5.74) is 1.04. The Hall–Kier alpha value is -2.27. The summed E-state index contributed by atoms with van der Waals surface area (Å²) in [6.07, 6.45) is 0. The largest absolute Gasteiger partial charge is 0.478 e. The number of carbonyl (C=O) groups is 1. The highest BCUT2D eigenvalue weighted by atomic mass is 19.1. The van der Waals surface area contributed by atoms with Crippen molar-refractivity contribution in [2.24, 2.45) is 0 Å². The fourth-order valence-corrected chi connectivity index (χ4v) is 2.00. The van der Waals surface area contributed by atoms with Gasteiger partial charge in [0, 0.05) is 18.2 Å². The van der Waals surface area contributed by atoms with Gasteiger partial charge in [-0.1, -0.05) is 12.1 Å². The average molecular weight is 291 g/mol. The Morgan fingerprint density at radius 1 is 1.24 bits per heavy atom. The van der Waals surface area contributed by atoms with E-state index in [9.17, 15) is 13.6 Å². The maximum absolute atomic E-state index is 13.7. The monoisotopic (exact) mass is 291 g/mol. The molecule has 2 rings (SSSR count). The minimum Gasteiger partial charge on any atom is -0.478 e. The molecule has 2 aromatic rings. The normalized spacial score (nSPS) is 12.1. The van der Waals surface area contributed by atoms with E-state index in [1.54, 1.807) is 12.1 Å². The third-order valence-electron chi connectivity index (χ3n) is 3.24. The van der Waals surface area contributed by atoms with Crippen LogP contribution in [0.15, 0.2) is 42.5 Å². The molecule has 3 nitrogen and oxygen atoms in total. The first kappa shape index (κ1) is 15.1. The van der Waals surface area contributed by atoms with Crippen molar-refractivity contribution >= 4 is 5.97 Å². The Balaban J connectivity index is 2.09. The highest BCUT2D eigenvalue weighted by Gasteiger charge is 2.10. The number of hydrogen-bond donors (Lipinski definition) is 2. The van der Waals surface area contributed by atoms with Crippen molar-refractivity contribution in [1.82, 2.24) is 5.32 Å². The zero-order valence-corrected chi connectivity index (χ0v) is 11.4. The van der Waals surface area contributed by atoms with Gasteiger partial charge in [0.05, 0.1) is 5.56 Å². The van der Waals surface area contributed by atoms with E-state index in [-0.39, 0.29) is 29.5 Å². The number of halogens is 2. The van der Waals surface area contributed by atoms with Gasteiger partial charge in [0.1, 0.15) is 11.6 Å². The highest BCUT2D eigenvalue weighted by Crippen LogP contribution is 2.16. The number of benzene rings is 2. The molecule has 0 aliphatic heterocycles. The summed E-state index contributed by atoms with van der Waals surface area (Å²) in [7, 11) is 0. The predicted octanol–water partition coefficient (Wildman–Crippen LogP) is 3.51. The van der Waals surface area contributed by atoms with Crippen LogP contribution in [0.5, 0.6) is 0 Å². The number of hydrogen-bond acceptors (Lipinski definition) is 2. The molecule has 0 spiro atoms. The van der Waals surface area contributed by atoms with Crippen molar-refractivity contribution in [3.05, 3.63) is 70.8 Å². The molecule has 0 fully saturated rings. The number of carboxylic acid groups (broad SMARTS) is 1. The van der Waals surface area contributed by atoms with E-state index < -0.39 is 11.8 Å². The molecule has 0 saturated carbocycles. The van der Waals surface area contributed by atoms with Crippen LogP contribution in [0.2, 0.25) is 0 Å². The van der Waals surface area contributed by atoms with E-state index in [0.717, 1.165) is 11.6 Å². The molecule has 2 N–H and O–H groups in total. The molecular weight excluding hydrogens is 276 g/mol. The quantitative estimate of drug-likeness (QED) is 0.886. The molecule has 0 amide bonds. The predicted molar refractivity (Wildman–Crippen MR) is 75.0 cm³/mol. The summed E-state index contributed by atoms with van der Waals surface area (Å²) in [4.78, 5) is 10.9. The second-order valence-electron chi connectivity index (χ2n) is 4.77. The zero-order chi connectivity index (χ0) is 15.4. The van der Waals surface area contributed by atoms with E-state index in [2.05, 4.69) is 5.32 Å². The molecule has 5 heteroatoms. The van der Waals surface area contributed by atoms with E-state index in [0.29, 0.717) is 0 Å². The SMILES string of the molecule is CC(NCc1cc(C(=O)O)ccc1F)c1cccc(F)c1. The Morgan fingerprint density at radius 3 is 2.67 bits per heavy atom. The van der Waals surface area contributed by atoms with Crippen molar-refractivity contribution in [3.8, 4) is 0 Å². The first-order valence-electron chi connectivity index (χ1n) is 6.48. The van der Waals surface area contributed by atoms with Gasteiger partial charge in [-0.25, -0.2) is 13.6 Å². The van der Waals surface area contributed by atoms with Crippen molar-refractivity contribution in [2.45, 2.75) is 19.5 Å². The van der Waals surface area contributed by atoms with Gasteiger partial charge in [0.2, 0.25) is 0 Å². The zero-order valence-electron chi connectivity index (χ0n) is 11.4. The molecule has 0 heterocycles. The summed E-state index contributed by atoms with van der Waals surface area (Å²) < 4.78 is 26.8. The van der Waals surface area contributed by atoms with Crippen molar-refractivity contribution < 1.29 is 18.7 Å². The number of carboxylic acids is 1. The van der Waals surface area contributed by atoms with Crippen LogP contribution in [0.3, 0.4) is 0 Å². The lowest BCUT2D eigenvalue weighted by Gasteiger charge is -2.15. The Bertz CT molecular complexity index is 658. The van der Waals surface area contributed by atoms with E-state index >= 15 is 0 Å². The molecule has 0 aliphatic carbocycles. The lowest BCUT2D eigenvalue weighted by Crippen LogP contribution is -2.19. The number of nitrogens with one attached hydrogen (secondary N) is 1. The van der Waals surface area contributed by atoms with Crippen LogP contribution in [-0.4, -0.2) is 11.1 Å². The van der Waals surface area contributed by atoms with Crippen LogP contribution in [-0.2, 0) is 6.54 Å². The van der Waals surface area contributed by atoms with Crippen LogP contribution >= 0.6 is 0 Å². The molecule has 0 aliphatic rings. The smallest absolute Gasteiger partial charge is 0.335 e. The van der Waals surface area contributed by atoms with Crippen molar-refractivity contribution in [1.29, 1.82) is 0 Å². The molecule has 0 bridgehead atoms. The summed E-state index contributed by atoms with van der Waals surface area (Å²) >= 11 is 0. The second-order valence-corrected chi connectivity index (χ2v) is 4.77. The van der Waals surface area contributed by atoms with Gasteiger partial charge < -0.3 is 10.4 Å². The minimum atomic E-state index is -1.10. The maximum atomic E-state index is 13.7. The van der Waals surface area contributed by atoms with Crippen molar-refractivity contribution in [2.75, 3.05) is 0 Å². The van der Waals surface area contributed by atoms with Gasteiger partial charge in [-0.2, -0.15) is 0 Å². The third-order valence-corrected chi connectivity index (χ3v) is 3.24. The van der Waals surface area contributed by atoms with E-state index in [1.165, 1.54) is 24.3 Å². The summed E-state index contributed by atoms with van der Waals surface area (Å²) in [5.74, 6) is -1.91. The molecule has 0 aromatic heterocycles. The third kappa shape index (κ3) is 3.86. The number of rotatable bonds is 5. The molecule has 0 radical (unpaired) electrons. The standard InChI is InChI=1S/C16H15F2NO2/c1-10(11-3-2-4-14(17)8-11)19-9-13-7-12(16(20)21)5-6-15(13)18/h2-8,10,19H,9H2,1H3,(H,20,21). The molecule has 1 unspecified atom stereocenters. The van der Waals surface area contributed by atoms with Crippen molar-refractivity contribution in [3.63, 3.8) is 0 Å². The maximum Gasteiger partial charge on any atom is 0.335 e. The minimum absolute atomic E-state index is 0.0339. The fourth-order valence-electron chi connectivity index (χ4n) is 2.00. The number of aromatic carboxylic acids is 1. The van der Waals surface area contributed by atoms with E-state index in [1.807, 2.05) is 6.92 Å². The second kappa shape index (κ2) is 6.45. The Morgan fingerprint density at radius 2 is 2.00 bits per heavy atom. The molecule has 110 valence electrons. The molecule has 0 saturated heterocycles. The van der Waals surface area contributed by atoms with Crippen LogP contribution < -0.4 is 5.32 Å². The summed E-state index contributed by atoms with van der Waals surface area (Å²) in [5, 5.41) is 12.0. The van der Waals surface area contributed by atoms with Crippen LogP contribution in [0, 0.1) is 11.6 Å². The van der Waals surface area contributed by atoms with Gasteiger partial charge in [-0.15, -0.1) is 0 Å². The fraction of sp³-hybridized carbons (Fsp3) is 0.188. The van der Waals surface area contributed by atoms with Gasteiger partial charge in [0.25, 0.3) is 0 Å². The molecule has 2 aromatic carbocycles. The Kier molecular flexibility index (Phi) is 4.65. The lowest BCUT2D eigenvalue weighted by atomic mass is 10.1. The van der Waals surface area contributed by atoms with Crippen LogP contribution in [0.25, 0.3) is 0 Å². The van der Waals surface area contributed by atoms with Gasteiger partial charge in [-0.3, -0.25) is 0 Å². The first-order valence-corrected chi connectivity index (χ1v) is 6.48. The highest BCUT2D eigenvalue weighted by molar-refractivity contribution is 5.87. The molecule has 21 heavy (non-hydrogen) atoms. The van der Waals surface area contributed by atoms with Gasteiger partial charge >= 0.3 is 5.97 Å². The summed E-state index contributed by atoms with van der Waals surface area (Å²) in [6.45, 7) is 1.98. The van der Waals surface area contributed by atoms with Gasteiger partial charge in [-0.05, 0) is 42.8 Å². The first-order chi connectivity index (χ1) is 9.97. The van der Waals surface area contributed by atoms with Crippen LogP contribution in [0.1, 0.15) is 34.5 Å². The average Bonchev–Trinajstić information content (AvgIpc) is 2.45. The Labute approximate surface area is 121 Å². The van der Waals surface area contributed by atoms with Crippen LogP contribution in [0.4, 0.5) is 8.78 Å². The summed E-state index contributed by atoms with van der Waals surface area (Å²) in [6, 6.07) is 9.59. The van der Waals surface area contributed by atoms with E-state index in [4.69, 9.17) is 5.11 Å². The van der Waals surface area contributed by atoms with Gasteiger partial charge in [0.15, 0.2) is 0 Å². The molecular formula is C16H15F2NO2.